The summed E-state index contributed by atoms with van der Waals surface area (Å²) in [5.74, 6) is 0.404. The van der Waals surface area contributed by atoms with Gasteiger partial charge in [-0.3, -0.25) is 4.79 Å². The Kier molecular flexibility index (Phi) is 4.17. The fourth-order valence-electron chi connectivity index (χ4n) is 2.77. The Bertz CT molecular complexity index is 289. The summed E-state index contributed by atoms with van der Waals surface area (Å²) in [6.45, 7) is 10.9. The van der Waals surface area contributed by atoms with Gasteiger partial charge in [0.15, 0.2) is 0 Å². The first kappa shape index (κ1) is 13.3. The Hall–Kier alpha value is -0.790. The molecule has 0 amide bonds. The van der Waals surface area contributed by atoms with E-state index in [1.807, 2.05) is 13.8 Å². The Morgan fingerprint density at radius 3 is 2.69 bits per heavy atom. The quantitative estimate of drug-likeness (QED) is 0.529. The van der Waals surface area contributed by atoms with Crippen molar-refractivity contribution in [3.05, 3.63) is 11.6 Å². The van der Waals surface area contributed by atoms with Gasteiger partial charge >= 0.3 is 5.97 Å². The second kappa shape index (κ2) is 5.03. The van der Waals surface area contributed by atoms with E-state index >= 15 is 0 Å². The maximum atomic E-state index is 12.1. The highest BCUT2D eigenvalue weighted by molar-refractivity contribution is 5.77. The summed E-state index contributed by atoms with van der Waals surface area (Å²) in [5.41, 5.74) is 1.29. The van der Waals surface area contributed by atoms with Crippen LogP contribution in [-0.4, -0.2) is 12.6 Å². The number of carbonyl (C=O) groups excluding carboxylic acids is 1. The largest absolute Gasteiger partial charge is 0.466 e. The van der Waals surface area contributed by atoms with E-state index in [-0.39, 0.29) is 17.3 Å². The van der Waals surface area contributed by atoms with Crippen LogP contribution in [0.2, 0.25) is 0 Å². The molecule has 1 saturated carbocycles. The zero-order chi connectivity index (χ0) is 12.3. The number of rotatable bonds is 2. The molecule has 0 aromatic heterocycles. The van der Waals surface area contributed by atoms with Gasteiger partial charge in [0.25, 0.3) is 0 Å². The summed E-state index contributed by atoms with van der Waals surface area (Å²) in [7, 11) is 0. The summed E-state index contributed by atoms with van der Waals surface area (Å²) in [6.07, 6.45) is 4.37. The third-order valence-corrected chi connectivity index (χ3v) is 3.76. The van der Waals surface area contributed by atoms with Gasteiger partial charge in [0.05, 0.1) is 12.5 Å². The first-order valence-electron chi connectivity index (χ1n) is 6.26. The highest BCUT2D eigenvalue weighted by Gasteiger charge is 2.43. The number of hydrogen-bond donors (Lipinski definition) is 0. The number of allylic oxidation sites excluding steroid dienone is 1. The van der Waals surface area contributed by atoms with Crippen LogP contribution in [0.4, 0.5) is 0 Å². The Morgan fingerprint density at radius 2 is 2.19 bits per heavy atom. The third kappa shape index (κ3) is 2.47. The van der Waals surface area contributed by atoms with E-state index in [9.17, 15) is 4.79 Å². The van der Waals surface area contributed by atoms with Crippen LogP contribution >= 0.6 is 0 Å². The van der Waals surface area contributed by atoms with Gasteiger partial charge in [-0.15, -0.1) is 0 Å². The fraction of sp³-hybridized carbons (Fsp3) is 0.786. The van der Waals surface area contributed by atoms with Crippen LogP contribution in [0.5, 0.6) is 0 Å². The van der Waals surface area contributed by atoms with Gasteiger partial charge in [-0.05, 0) is 38.0 Å². The summed E-state index contributed by atoms with van der Waals surface area (Å²) in [6, 6.07) is 0. The molecule has 0 aliphatic heterocycles. The molecule has 0 bridgehead atoms. The average molecular weight is 224 g/mol. The smallest absolute Gasteiger partial charge is 0.313 e. The van der Waals surface area contributed by atoms with Crippen LogP contribution in [0.25, 0.3) is 0 Å². The summed E-state index contributed by atoms with van der Waals surface area (Å²) < 4.78 is 5.22. The highest BCUT2D eigenvalue weighted by Crippen LogP contribution is 2.46. The Morgan fingerprint density at radius 1 is 1.56 bits per heavy atom. The molecule has 1 aliphatic rings. The average Bonchev–Trinajstić information content (AvgIpc) is 2.21. The van der Waals surface area contributed by atoms with Crippen molar-refractivity contribution in [2.45, 2.75) is 47.5 Å². The minimum atomic E-state index is -0.0544. The lowest BCUT2D eigenvalue weighted by Crippen LogP contribution is -2.39. The molecule has 1 aliphatic carbocycles. The van der Waals surface area contributed by atoms with Crippen molar-refractivity contribution in [3.8, 4) is 0 Å². The predicted molar refractivity (Wildman–Crippen MR) is 66.1 cm³/mol. The monoisotopic (exact) mass is 224 g/mol. The van der Waals surface area contributed by atoms with Crippen LogP contribution < -0.4 is 0 Å². The van der Waals surface area contributed by atoms with E-state index in [2.05, 4.69) is 26.8 Å². The second-order valence-electron chi connectivity index (χ2n) is 5.40. The molecule has 92 valence electrons. The minimum Gasteiger partial charge on any atom is -0.466 e. The molecule has 0 radical (unpaired) electrons. The predicted octanol–water partition coefficient (Wildman–Crippen LogP) is 3.57. The molecule has 0 N–H and O–H groups in total. The first-order chi connectivity index (χ1) is 7.44. The van der Waals surface area contributed by atoms with Gasteiger partial charge in [0.1, 0.15) is 0 Å². The zero-order valence-corrected chi connectivity index (χ0v) is 11.2. The van der Waals surface area contributed by atoms with Gasteiger partial charge in [-0.25, -0.2) is 0 Å². The molecular weight excluding hydrogens is 200 g/mol. The Labute approximate surface area is 99.1 Å². The lowest BCUT2D eigenvalue weighted by atomic mass is 9.63. The number of esters is 1. The first-order valence-corrected chi connectivity index (χ1v) is 6.26. The van der Waals surface area contributed by atoms with Crippen molar-refractivity contribution >= 4 is 5.97 Å². The molecule has 0 aromatic rings. The molecule has 0 heterocycles. The zero-order valence-electron chi connectivity index (χ0n) is 11.2. The SMILES string of the molecule is C/C=C1/C(C)CCC(C)(C)C1C(=O)OCC. The maximum Gasteiger partial charge on any atom is 0.313 e. The third-order valence-electron chi connectivity index (χ3n) is 3.76. The highest BCUT2D eigenvalue weighted by atomic mass is 16.5. The molecule has 1 fully saturated rings. The van der Waals surface area contributed by atoms with Gasteiger partial charge in [-0.1, -0.05) is 32.4 Å². The van der Waals surface area contributed by atoms with Gasteiger partial charge in [0.2, 0.25) is 0 Å². The van der Waals surface area contributed by atoms with Crippen molar-refractivity contribution in [2.24, 2.45) is 17.3 Å². The van der Waals surface area contributed by atoms with Gasteiger partial charge in [0, 0.05) is 0 Å². The van der Waals surface area contributed by atoms with Crippen molar-refractivity contribution in [2.75, 3.05) is 6.61 Å². The Balaban J connectivity index is 3.00. The lowest BCUT2D eigenvalue weighted by molar-refractivity contribution is -0.151. The van der Waals surface area contributed by atoms with E-state index in [1.54, 1.807) is 0 Å². The van der Waals surface area contributed by atoms with Crippen LogP contribution in [0.15, 0.2) is 11.6 Å². The molecule has 2 heteroatoms. The van der Waals surface area contributed by atoms with E-state index in [4.69, 9.17) is 4.74 Å². The molecule has 2 unspecified atom stereocenters. The topological polar surface area (TPSA) is 26.3 Å². The van der Waals surface area contributed by atoms with Crippen molar-refractivity contribution in [1.82, 2.24) is 0 Å². The molecule has 0 aromatic carbocycles. The maximum absolute atomic E-state index is 12.1. The van der Waals surface area contributed by atoms with Crippen molar-refractivity contribution in [1.29, 1.82) is 0 Å². The number of ether oxygens (including phenoxy) is 1. The normalized spacial score (nSPS) is 31.4. The summed E-state index contributed by atoms with van der Waals surface area (Å²) >= 11 is 0. The van der Waals surface area contributed by atoms with Crippen LogP contribution in [0.1, 0.15) is 47.5 Å². The van der Waals surface area contributed by atoms with Crippen molar-refractivity contribution in [3.63, 3.8) is 0 Å². The molecule has 2 atom stereocenters. The van der Waals surface area contributed by atoms with Gasteiger partial charge < -0.3 is 4.74 Å². The van der Waals surface area contributed by atoms with E-state index in [0.717, 1.165) is 6.42 Å². The standard InChI is InChI=1S/C14H24O2/c1-6-11-10(3)8-9-14(4,5)12(11)13(15)16-7-2/h6,10,12H,7-9H2,1-5H3/b11-6-. The van der Waals surface area contributed by atoms with Crippen LogP contribution in [0.3, 0.4) is 0 Å². The van der Waals surface area contributed by atoms with Gasteiger partial charge in [-0.2, -0.15) is 0 Å². The molecule has 0 saturated heterocycles. The van der Waals surface area contributed by atoms with Crippen LogP contribution in [-0.2, 0) is 9.53 Å². The van der Waals surface area contributed by atoms with Crippen LogP contribution in [0, 0.1) is 17.3 Å². The minimum absolute atomic E-state index is 0.0284. The molecule has 0 spiro atoms. The molecule has 16 heavy (non-hydrogen) atoms. The summed E-state index contributed by atoms with van der Waals surface area (Å²) in [5, 5.41) is 0. The fourth-order valence-corrected chi connectivity index (χ4v) is 2.77. The second-order valence-corrected chi connectivity index (χ2v) is 5.40. The van der Waals surface area contributed by atoms with E-state index < -0.39 is 0 Å². The lowest BCUT2D eigenvalue weighted by Gasteiger charge is -2.41. The van der Waals surface area contributed by atoms with E-state index in [1.165, 1.54) is 12.0 Å². The van der Waals surface area contributed by atoms with E-state index in [0.29, 0.717) is 12.5 Å². The number of hydrogen-bond acceptors (Lipinski definition) is 2. The molecular formula is C14H24O2. The number of carbonyl (C=O) groups is 1. The van der Waals surface area contributed by atoms with Crippen molar-refractivity contribution < 1.29 is 9.53 Å². The summed E-state index contributed by atoms with van der Waals surface area (Å²) in [4.78, 5) is 12.1. The molecule has 2 nitrogen and oxygen atoms in total. The molecule has 1 rings (SSSR count).